The molecule has 8 heteroatoms. The van der Waals surface area contributed by atoms with E-state index < -0.39 is 24.0 Å². The molecule has 19 heavy (non-hydrogen) atoms. The number of primary amides is 1. The zero-order chi connectivity index (χ0) is 14.6. The van der Waals surface area contributed by atoms with E-state index in [4.69, 9.17) is 5.73 Å². The first-order valence-corrected chi connectivity index (χ1v) is 6.12. The molecule has 0 aromatic heterocycles. The van der Waals surface area contributed by atoms with Gasteiger partial charge >= 0.3 is 6.03 Å². The van der Waals surface area contributed by atoms with Crippen LogP contribution in [0.5, 0.6) is 0 Å². The molecule has 8 nitrogen and oxygen atoms in total. The predicted molar refractivity (Wildman–Crippen MR) is 69.2 cm³/mol. The fourth-order valence-electron chi connectivity index (χ4n) is 2.09. The molecule has 1 heterocycles. The molecule has 0 saturated carbocycles. The first-order valence-electron chi connectivity index (χ1n) is 6.12. The molecule has 1 fully saturated rings. The third-order valence-electron chi connectivity index (χ3n) is 3.13. The molecule has 2 unspecified atom stereocenters. The molecule has 2 atom stereocenters. The van der Waals surface area contributed by atoms with Crippen molar-refractivity contribution in [3.8, 4) is 0 Å². The summed E-state index contributed by atoms with van der Waals surface area (Å²) in [4.78, 5) is 37.8. The van der Waals surface area contributed by atoms with E-state index in [0.29, 0.717) is 19.6 Å². The van der Waals surface area contributed by atoms with Crippen LogP contribution in [0.15, 0.2) is 0 Å². The Labute approximate surface area is 112 Å². The number of hydrogen-bond donors (Lipinski definition) is 3. The lowest BCUT2D eigenvalue weighted by atomic mass is 10.1. The summed E-state index contributed by atoms with van der Waals surface area (Å²) < 4.78 is 0. The number of nitrogens with zero attached hydrogens (tertiary/aromatic N) is 2. The molecule has 1 aliphatic heterocycles. The molecule has 108 valence electrons. The Kier molecular flexibility index (Phi) is 5.25. The topological polar surface area (TPSA) is 108 Å². The summed E-state index contributed by atoms with van der Waals surface area (Å²) in [5.41, 5.74) is 4.93. The summed E-state index contributed by atoms with van der Waals surface area (Å²) in [5, 5.41) is 5.16. The Morgan fingerprint density at radius 2 is 2.05 bits per heavy atom. The summed E-state index contributed by atoms with van der Waals surface area (Å²) >= 11 is 0. The second-order valence-corrected chi connectivity index (χ2v) is 4.72. The molecular formula is C11H21N5O3. The van der Waals surface area contributed by atoms with Crippen LogP contribution in [-0.2, 0) is 9.59 Å². The monoisotopic (exact) mass is 271 g/mol. The van der Waals surface area contributed by atoms with Gasteiger partial charge in [0.05, 0.1) is 6.04 Å². The largest absolute Gasteiger partial charge is 0.351 e. The van der Waals surface area contributed by atoms with Crippen molar-refractivity contribution in [3.63, 3.8) is 0 Å². The Morgan fingerprint density at radius 1 is 1.42 bits per heavy atom. The van der Waals surface area contributed by atoms with Crippen molar-refractivity contribution in [2.45, 2.75) is 19.0 Å². The highest BCUT2D eigenvalue weighted by Gasteiger charge is 2.35. The lowest BCUT2D eigenvalue weighted by Crippen LogP contribution is -2.62. The molecular weight excluding hydrogens is 250 g/mol. The SMILES string of the molecule is CC(C(=O)NC(N)=O)N1CCNCC1C(=O)N(C)C. The van der Waals surface area contributed by atoms with Gasteiger partial charge in [0, 0.05) is 33.7 Å². The maximum absolute atomic E-state index is 12.1. The quantitative estimate of drug-likeness (QED) is 0.546. The summed E-state index contributed by atoms with van der Waals surface area (Å²) in [6.45, 7) is 3.37. The lowest BCUT2D eigenvalue weighted by molar-refractivity contribution is -0.138. The maximum atomic E-state index is 12.1. The summed E-state index contributed by atoms with van der Waals surface area (Å²) in [5.74, 6) is -0.572. The summed E-state index contributed by atoms with van der Waals surface area (Å²) in [7, 11) is 3.34. The number of nitrogens with two attached hydrogens (primary N) is 1. The minimum absolute atomic E-state index is 0.0778. The molecule has 0 bridgehead atoms. The van der Waals surface area contributed by atoms with Gasteiger partial charge in [-0.05, 0) is 6.92 Å². The minimum atomic E-state index is -0.887. The van der Waals surface area contributed by atoms with Crippen molar-refractivity contribution in [2.24, 2.45) is 5.73 Å². The molecule has 1 aliphatic rings. The Bertz CT molecular complexity index is 371. The van der Waals surface area contributed by atoms with Crippen molar-refractivity contribution < 1.29 is 14.4 Å². The van der Waals surface area contributed by atoms with Crippen LogP contribution in [0.2, 0.25) is 0 Å². The summed E-state index contributed by atoms with van der Waals surface area (Å²) in [6, 6.07) is -1.90. The molecule has 4 N–H and O–H groups in total. The zero-order valence-electron chi connectivity index (χ0n) is 11.5. The number of piperazine rings is 1. The van der Waals surface area contributed by atoms with Crippen molar-refractivity contribution in [3.05, 3.63) is 0 Å². The Balaban J connectivity index is 2.79. The van der Waals surface area contributed by atoms with Gasteiger partial charge in [-0.3, -0.25) is 19.8 Å². The van der Waals surface area contributed by atoms with Gasteiger partial charge in [-0.2, -0.15) is 0 Å². The number of nitrogens with one attached hydrogen (secondary N) is 2. The van der Waals surface area contributed by atoms with Crippen LogP contribution >= 0.6 is 0 Å². The van der Waals surface area contributed by atoms with E-state index in [1.54, 1.807) is 25.9 Å². The van der Waals surface area contributed by atoms with Crippen LogP contribution in [0.25, 0.3) is 0 Å². The van der Waals surface area contributed by atoms with Crippen LogP contribution in [0.4, 0.5) is 4.79 Å². The first-order chi connectivity index (χ1) is 8.84. The number of amides is 4. The standard InChI is InChI=1S/C11H21N5O3/c1-7(9(17)14-11(12)19)16-5-4-13-6-8(16)10(18)15(2)3/h7-8,13H,4-6H2,1-3H3,(H3,12,14,17,19). The predicted octanol–water partition coefficient (Wildman–Crippen LogP) is -2.07. The number of carbonyl (C=O) groups excluding carboxylic acids is 3. The highest BCUT2D eigenvalue weighted by molar-refractivity contribution is 5.96. The van der Waals surface area contributed by atoms with Gasteiger partial charge in [-0.1, -0.05) is 0 Å². The van der Waals surface area contributed by atoms with E-state index in [0.717, 1.165) is 0 Å². The fraction of sp³-hybridized carbons (Fsp3) is 0.727. The van der Waals surface area contributed by atoms with Crippen molar-refractivity contribution >= 4 is 17.8 Å². The molecule has 0 spiro atoms. The van der Waals surface area contributed by atoms with Crippen LogP contribution in [-0.4, -0.2) is 73.5 Å². The molecule has 4 amide bonds. The smallest absolute Gasteiger partial charge is 0.318 e. The second kappa shape index (κ2) is 6.48. The normalized spacial score (nSPS) is 21.5. The van der Waals surface area contributed by atoms with E-state index in [-0.39, 0.29) is 5.91 Å². The zero-order valence-corrected chi connectivity index (χ0v) is 11.5. The van der Waals surface area contributed by atoms with Crippen LogP contribution in [0, 0.1) is 0 Å². The van der Waals surface area contributed by atoms with Crippen LogP contribution in [0.1, 0.15) is 6.92 Å². The summed E-state index contributed by atoms with van der Waals surface area (Å²) in [6.07, 6.45) is 0. The van der Waals surface area contributed by atoms with Crippen LogP contribution in [0.3, 0.4) is 0 Å². The van der Waals surface area contributed by atoms with Crippen LogP contribution < -0.4 is 16.4 Å². The van der Waals surface area contributed by atoms with E-state index in [1.807, 2.05) is 5.32 Å². The number of rotatable bonds is 3. The Morgan fingerprint density at radius 3 is 2.58 bits per heavy atom. The maximum Gasteiger partial charge on any atom is 0.318 e. The van der Waals surface area contributed by atoms with Gasteiger partial charge in [-0.15, -0.1) is 0 Å². The average molecular weight is 271 g/mol. The van der Waals surface area contributed by atoms with E-state index in [1.165, 1.54) is 4.90 Å². The van der Waals surface area contributed by atoms with Gasteiger partial charge < -0.3 is 16.0 Å². The number of urea groups is 1. The molecule has 0 aromatic rings. The molecule has 1 saturated heterocycles. The van der Waals surface area contributed by atoms with Gasteiger partial charge in [0.15, 0.2) is 0 Å². The number of likely N-dealkylation sites (N-methyl/N-ethyl adjacent to an activating group) is 1. The molecule has 1 rings (SSSR count). The minimum Gasteiger partial charge on any atom is -0.351 e. The molecule has 0 radical (unpaired) electrons. The van der Waals surface area contributed by atoms with E-state index >= 15 is 0 Å². The Hall–Kier alpha value is -1.67. The molecule has 0 aliphatic carbocycles. The lowest BCUT2D eigenvalue weighted by Gasteiger charge is -2.39. The second-order valence-electron chi connectivity index (χ2n) is 4.72. The highest BCUT2D eigenvalue weighted by Crippen LogP contribution is 2.10. The van der Waals surface area contributed by atoms with Crippen molar-refractivity contribution in [1.82, 2.24) is 20.4 Å². The van der Waals surface area contributed by atoms with E-state index in [9.17, 15) is 14.4 Å². The fourth-order valence-corrected chi connectivity index (χ4v) is 2.09. The van der Waals surface area contributed by atoms with Gasteiger partial charge in [-0.25, -0.2) is 4.79 Å². The number of carbonyl (C=O) groups is 3. The first kappa shape index (κ1) is 15.4. The molecule has 0 aromatic carbocycles. The number of imide groups is 1. The third-order valence-corrected chi connectivity index (χ3v) is 3.13. The number of hydrogen-bond acceptors (Lipinski definition) is 5. The van der Waals surface area contributed by atoms with E-state index in [2.05, 4.69) is 5.32 Å². The van der Waals surface area contributed by atoms with Crippen molar-refractivity contribution in [1.29, 1.82) is 0 Å². The van der Waals surface area contributed by atoms with Gasteiger partial charge in [0.2, 0.25) is 11.8 Å². The van der Waals surface area contributed by atoms with Crippen molar-refractivity contribution in [2.75, 3.05) is 33.7 Å². The van der Waals surface area contributed by atoms with Gasteiger partial charge in [0.1, 0.15) is 6.04 Å². The van der Waals surface area contributed by atoms with Gasteiger partial charge in [0.25, 0.3) is 0 Å². The third kappa shape index (κ3) is 3.90. The average Bonchev–Trinajstić information content (AvgIpc) is 2.36. The highest BCUT2D eigenvalue weighted by atomic mass is 16.2.